The molecule has 1 aliphatic carbocycles. The Labute approximate surface area is 103 Å². The van der Waals surface area contributed by atoms with E-state index >= 15 is 0 Å². The molecule has 1 saturated carbocycles. The Bertz CT molecular complexity index is 311. The van der Waals surface area contributed by atoms with Crippen molar-refractivity contribution in [3.63, 3.8) is 0 Å². The van der Waals surface area contributed by atoms with Crippen molar-refractivity contribution in [1.82, 2.24) is 10.6 Å². The fraction of sp³-hybridized carbons (Fsp3) is 0.923. The van der Waals surface area contributed by atoms with Gasteiger partial charge in [0.1, 0.15) is 0 Å². The molecule has 4 heteroatoms. The van der Waals surface area contributed by atoms with Crippen LogP contribution in [0.15, 0.2) is 0 Å². The van der Waals surface area contributed by atoms with Gasteiger partial charge in [-0.05, 0) is 10.8 Å². The van der Waals surface area contributed by atoms with Crippen molar-refractivity contribution >= 4 is 5.91 Å². The van der Waals surface area contributed by atoms with Gasteiger partial charge in [0.15, 0.2) is 0 Å². The smallest absolute Gasteiger partial charge is 0.224 e. The van der Waals surface area contributed by atoms with Crippen molar-refractivity contribution in [3.05, 3.63) is 0 Å². The first-order chi connectivity index (χ1) is 7.82. The zero-order valence-electron chi connectivity index (χ0n) is 11.5. The third kappa shape index (κ3) is 1.87. The SMILES string of the molecule is CO[C@H]1CNCC1NC(=O)C1C(C)(C)C1(C)C. The molecule has 1 aliphatic heterocycles. The van der Waals surface area contributed by atoms with Gasteiger partial charge in [-0.25, -0.2) is 0 Å². The van der Waals surface area contributed by atoms with Gasteiger partial charge in [0.25, 0.3) is 0 Å². The van der Waals surface area contributed by atoms with E-state index < -0.39 is 0 Å². The molecule has 1 heterocycles. The third-order valence-electron chi connectivity index (χ3n) is 5.07. The maximum absolute atomic E-state index is 12.3. The average molecular weight is 240 g/mol. The van der Waals surface area contributed by atoms with E-state index in [0.29, 0.717) is 0 Å². The van der Waals surface area contributed by atoms with Crippen molar-refractivity contribution < 1.29 is 9.53 Å². The van der Waals surface area contributed by atoms with Gasteiger partial charge in [-0.3, -0.25) is 4.79 Å². The van der Waals surface area contributed by atoms with Crippen molar-refractivity contribution in [3.8, 4) is 0 Å². The van der Waals surface area contributed by atoms with Gasteiger partial charge in [0.2, 0.25) is 5.91 Å². The van der Waals surface area contributed by atoms with Crippen molar-refractivity contribution in [2.45, 2.75) is 39.8 Å². The van der Waals surface area contributed by atoms with E-state index in [4.69, 9.17) is 4.74 Å². The van der Waals surface area contributed by atoms with Gasteiger partial charge in [0, 0.05) is 26.1 Å². The normalized spacial score (nSPS) is 34.6. The Morgan fingerprint density at radius 2 is 1.82 bits per heavy atom. The van der Waals surface area contributed by atoms with Crippen LogP contribution in [0.3, 0.4) is 0 Å². The van der Waals surface area contributed by atoms with E-state index in [-0.39, 0.29) is 34.8 Å². The molecule has 0 radical (unpaired) electrons. The second-order valence-corrected chi connectivity index (χ2v) is 6.42. The highest BCUT2D eigenvalue weighted by molar-refractivity contribution is 5.84. The van der Waals surface area contributed by atoms with Crippen molar-refractivity contribution in [1.29, 1.82) is 0 Å². The zero-order chi connectivity index (χ0) is 12.8. The van der Waals surface area contributed by atoms with Crippen LogP contribution in [0.1, 0.15) is 27.7 Å². The lowest BCUT2D eigenvalue weighted by Gasteiger charge is -2.19. The predicted octanol–water partition coefficient (Wildman–Crippen LogP) is 0.772. The van der Waals surface area contributed by atoms with Crippen LogP contribution >= 0.6 is 0 Å². The third-order valence-corrected chi connectivity index (χ3v) is 5.07. The number of methoxy groups -OCH3 is 1. The van der Waals surface area contributed by atoms with Crippen LogP contribution in [0, 0.1) is 16.7 Å². The highest BCUT2D eigenvalue weighted by Gasteiger charge is 2.68. The second-order valence-electron chi connectivity index (χ2n) is 6.42. The van der Waals surface area contributed by atoms with Gasteiger partial charge < -0.3 is 15.4 Å². The summed E-state index contributed by atoms with van der Waals surface area (Å²) >= 11 is 0. The molecule has 2 aliphatic rings. The molecule has 0 aromatic heterocycles. The first-order valence-corrected chi connectivity index (χ1v) is 6.36. The molecule has 0 bridgehead atoms. The number of amides is 1. The minimum Gasteiger partial charge on any atom is -0.378 e. The molecule has 1 saturated heterocycles. The van der Waals surface area contributed by atoms with E-state index in [1.807, 2.05) is 0 Å². The number of carbonyl (C=O) groups is 1. The van der Waals surface area contributed by atoms with Crippen molar-refractivity contribution in [2.75, 3.05) is 20.2 Å². The highest BCUT2D eigenvalue weighted by atomic mass is 16.5. The van der Waals surface area contributed by atoms with Crippen LogP contribution in [-0.4, -0.2) is 38.3 Å². The zero-order valence-corrected chi connectivity index (χ0v) is 11.5. The fourth-order valence-corrected chi connectivity index (χ4v) is 3.16. The lowest BCUT2D eigenvalue weighted by atomic mass is 10.0. The molecule has 0 spiro atoms. The summed E-state index contributed by atoms with van der Waals surface area (Å²) in [6, 6.07) is 0.111. The van der Waals surface area contributed by atoms with Crippen LogP contribution in [-0.2, 0) is 9.53 Å². The Balaban J connectivity index is 1.95. The quantitative estimate of drug-likeness (QED) is 0.766. The molecule has 1 amide bonds. The van der Waals surface area contributed by atoms with Gasteiger partial charge in [-0.2, -0.15) is 0 Å². The Morgan fingerprint density at radius 3 is 2.29 bits per heavy atom. The molecule has 98 valence electrons. The molecule has 17 heavy (non-hydrogen) atoms. The first-order valence-electron chi connectivity index (χ1n) is 6.36. The van der Waals surface area contributed by atoms with E-state index in [1.54, 1.807) is 7.11 Å². The lowest BCUT2D eigenvalue weighted by Crippen LogP contribution is -2.44. The predicted molar refractivity (Wildman–Crippen MR) is 66.6 cm³/mol. The van der Waals surface area contributed by atoms with Crippen LogP contribution in [0.5, 0.6) is 0 Å². The van der Waals surface area contributed by atoms with E-state index in [0.717, 1.165) is 13.1 Å². The van der Waals surface area contributed by atoms with Crippen LogP contribution in [0.25, 0.3) is 0 Å². The lowest BCUT2D eigenvalue weighted by molar-refractivity contribution is -0.124. The molecule has 2 rings (SSSR count). The van der Waals surface area contributed by atoms with Gasteiger partial charge in [0.05, 0.1) is 12.1 Å². The Hall–Kier alpha value is -0.610. The Morgan fingerprint density at radius 1 is 1.24 bits per heavy atom. The molecular formula is C13H24N2O2. The minimum absolute atomic E-state index is 0.101. The molecule has 0 aromatic carbocycles. The number of nitrogens with one attached hydrogen (secondary N) is 2. The molecule has 1 unspecified atom stereocenters. The van der Waals surface area contributed by atoms with Crippen molar-refractivity contribution in [2.24, 2.45) is 16.7 Å². The maximum atomic E-state index is 12.3. The second kappa shape index (κ2) is 3.95. The van der Waals surface area contributed by atoms with E-state index in [1.165, 1.54) is 0 Å². The minimum atomic E-state index is 0.101. The molecule has 2 fully saturated rings. The van der Waals surface area contributed by atoms with Crippen LogP contribution in [0.2, 0.25) is 0 Å². The van der Waals surface area contributed by atoms with Crippen LogP contribution in [0.4, 0.5) is 0 Å². The van der Waals surface area contributed by atoms with E-state index in [2.05, 4.69) is 38.3 Å². The number of ether oxygens (including phenoxy) is 1. The van der Waals surface area contributed by atoms with Gasteiger partial charge in [-0.1, -0.05) is 27.7 Å². The Kier molecular flexibility index (Phi) is 2.99. The largest absolute Gasteiger partial charge is 0.378 e. The monoisotopic (exact) mass is 240 g/mol. The summed E-state index contributed by atoms with van der Waals surface area (Å²) in [4.78, 5) is 12.3. The topological polar surface area (TPSA) is 50.4 Å². The number of rotatable bonds is 3. The summed E-state index contributed by atoms with van der Waals surface area (Å²) in [5, 5.41) is 6.37. The van der Waals surface area contributed by atoms with Crippen LogP contribution < -0.4 is 10.6 Å². The number of hydrogen-bond donors (Lipinski definition) is 2. The van der Waals surface area contributed by atoms with Gasteiger partial charge >= 0.3 is 0 Å². The summed E-state index contributed by atoms with van der Waals surface area (Å²) in [7, 11) is 1.70. The average Bonchev–Trinajstić information content (AvgIpc) is 2.57. The summed E-state index contributed by atoms with van der Waals surface area (Å²) in [5.74, 6) is 0.295. The molecule has 0 aromatic rings. The summed E-state index contributed by atoms with van der Waals surface area (Å²) < 4.78 is 5.35. The molecular weight excluding hydrogens is 216 g/mol. The maximum Gasteiger partial charge on any atom is 0.224 e. The van der Waals surface area contributed by atoms with E-state index in [9.17, 15) is 4.79 Å². The summed E-state index contributed by atoms with van der Waals surface area (Å²) in [6.45, 7) is 10.3. The standard InChI is InChI=1S/C13H24N2O2/c1-12(2)10(13(12,3)4)11(16)15-8-6-14-7-9(8)17-5/h8-10,14H,6-7H2,1-5H3,(H,15,16)/t8?,9-/m0/s1. The van der Waals surface area contributed by atoms with Gasteiger partial charge in [-0.15, -0.1) is 0 Å². The first kappa shape index (κ1) is 12.8. The summed E-state index contributed by atoms with van der Waals surface area (Å²) in [6.07, 6.45) is 0.101. The number of carbonyl (C=O) groups excluding carboxylic acids is 1. The molecule has 2 atom stereocenters. The summed E-state index contributed by atoms with van der Waals surface area (Å²) in [5.41, 5.74) is 0.206. The molecule has 4 nitrogen and oxygen atoms in total. The number of hydrogen-bond acceptors (Lipinski definition) is 3. The highest BCUT2D eigenvalue weighted by Crippen LogP contribution is 2.68. The fourth-order valence-electron chi connectivity index (χ4n) is 3.16. The molecule has 2 N–H and O–H groups in total.